The highest BCUT2D eigenvalue weighted by Crippen LogP contribution is 2.24. The maximum absolute atomic E-state index is 11.4. The van der Waals surface area contributed by atoms with Gasteiger partial charge in [-0.3, -0.25) is 4.79 Å². The molecule has 0 fully saturated rings. The molecular formula is C16H17NOS. The highest BCUT2D eigenvalue weighted by atomic mass is 32.2. The number of hydrogen-bond donors (Lipinski definition) is 1. The second kappa shape index (κ2) is 6.43. The summed E-state index contributed by atoms with van der Waals surface area (Å²) in [4.78, 5) is 12.6. The molecule has 0 unspecified atom stereocenters. The van der Waals surface area contributed by atoms with Gasteiger partial charge in [0.1, 0.15) is 0 Å². The van der Waals surface area contributed by atoms with E-state index >= 15 is 0 Å². The number of rotatable bonds is 4. The van der Waals surface area contributed by atoms with Crippen molar-refractivity contribution in [3.8, 4) is 0 Å². The third-order valence-corrected chi connectivity index (χ3v) is 4.06. The summed E-state index contributed by atoms with van der Waals surface area (Å²) in [6.45, 7) is 2.13. The first-order valence-electron chi connectivity index (χ1n) is 6.20. The standard InChI is InChI=1S/C16H17NOS/c1-12-5-3-4-6-14(12)11-19-15-9-7-13(8-10-15)16(18)17-2/h3-10H,11H2,1-2H3,(H,17,18). The van der Waals surface area contributed by atoms with Crippen molar-refractivity contribution in [2.24, 2.45) is 0 Å². The van der Waals surface area contributed by atoms with Crippen molar-refractivity contribution < 1.29 is 4.79 Å². The van der Waals surface area contributed by atoms with Crippen LogP contribution in [0.5, 0.6) is 0 Å². The van der Waals surface area contributed by atoms with E-state index < -0.39 is 0 Å². The Kier molecular flexibility index (Phi) is 4.63. The molecule has 0 aromatic heterocycles. The van der Waals surface area contributed by atoms with Crippen molar-refractivity contribution in [1.82, 2.24) is 5.32 Å². The summed E-state index contributed by atoms with van der Waals surface area (Å²) in [6.07, 6.45) is 0. The highest BCUT2D eigenvalue weighted by Gasteiger charge is 2.03. The van der Waals surface area contributed by atoms with E-state index in [1.807, 2.05) is 24.3 Å². The minimum atomic E-state index is -0.0459. The normalized spacial score (nSPS) is 10.2. The van der Waals surface area contributed by atoms with Crippen LogP contribution in [0.3, 0.4) is 0 Å². The molecule has 2 aromatic rings. The van der Waals surface area contributed by atoms with Crippen LogP contribution >= 0.6 is 11.8 Å². The predicted molar refractivity (Wildman–Crippen MR) is 80.6 cm³/mol. The number of benzene rings is 2. The van der Waals surface area contributed by atoms with Crippen LogP contribution in [0.2, 0.25) is 0 Å². The van der Waals surface area contributed by atoms with Gasteiger partial charge in [0.05, 0.1) is 0 Å². The zero-order valence-electron chi connectivity index (χ0n) is 11.1. The molecule has 2 rings (SSSR count). The topological polar surface area (TPSA) is 29.1 Å². The molecule has 0 aliphatic heterocycles. The Morgan fingerprint density at radius 2 is 1.79 bits per heavy atom. The van der Waals surface area contributed by atoms with Crippen LogP contribution in [0.25, 0.3) is 0 Å². The van der Waals surface area contributed by atoms with Gasteiger partial charge in [0, 0.05) is 23.3 Å². The van der Waals surface area contributed by atoms with Crippen LogP contribution in [0, 0.1) is 6.92 Å². The molecule has 0 radical (unpaired) electrons. The van der Waals surface area contributed by atoms with Crippen LogP contribution in [0.1, 0.15) is 21.5 Å². The summed E-state index contributed by atoms with van der Waals surface area (Å²) >= 11 is 1.78. The second-order valence-electron chi connectivity index (χ2n) is 4.32. The lowest BCUT2D eigenvalue weighted by Crippen LogP contribution is -2.17. The largest absolute Gasteiger partial charge is 0.355 e. The lowest BCUT2D eigenvalue weighted by atomic mass is 10.1. The molecule has 0 aliphatic rings. The van der Waals surface area contributed by atoms with Gasteiger partial charge in [-0.1, -0.05) is 24.3 Å². The maximum Gasteiger partial charge on any atom is 0.251 e. The second-order valence-corrected chi connectivity index (χ2v) is 5.37. The molecule has 2 nitrogen and oxygen atoms in total. The molecule has 0 saturated carbocycles. The molecule has 19 heavy (non-hydrogen) atoms. The van der Waals surface area contributed by atoms with Gasteiger partial charge in [-0.05, 0) is 42.3 Å². The molecule has 2 aromatic carbocycles. The Balaban J connectivity index is 2.01. The van der Waals surface area contributed by atoms with Gasteiger partial charge in [-0.2, -0.15) is 0 Å². The molecule has 1 amide bonds. The van der Waals surface area contributed by atoms with Gasteiger partial charge in [0.25, 0.3) is 5.91 Å². The molecule has 0 saturated heterocycles. The third-order valence-electron chi connectivity index (χ3n) is 3.00. The van der Waals surface area contributed by atoms with Gasteiger partial charge in [-0.15, -0.1) is 11.8 Å². The van der Waals surface area contributed by atoms with Crippen molar-refractivity contribution in [2.75, 3.05) is 7.05 Å². The number of amides is 1. The van der Waals surface area contributed by atoms with Gasteiger partial charge in [0.15, 0.2) is 0 Å². The van der Waals surface area contributed by atoms with Crippen molar-refractivity contribution >= 4 is 17.7 Å². The van der Waals surface area contributed by atoms with E-state index in [1.165, 1.54) is 16.0 Å². The molecule has 0 spiro atoms. The number of carbonyl (C=O) groups excluding carboxylic acids is 1. The van der Waals surface area contributed by atoms with E-state index in [4.69, 9.17) is 0 Å². The number of aryl methyl sites for hydroxylation is 1. The Hall–Kier alpha value is -1.74. The van der Waals surface area contributed by atoms with Gasteiger partial charge in [0.2, 0.25) is 0 Å². The smallest absolute Gasteiger partial charge is 0.251 e. The van der Waals surface area contributed by atoms with Gasteiger partial charge >= 0.3 is 0 Å². The SMILES string of the molecule is CNC(=O)c1ccc(SCc2ccccc2C)cc1. The molecule has 0 atom stereocenters. The van der Waals surface area contributed by atoms with Crippen LogP contribution in [-0.4, -0.2) is 13.0 Å². The lowest BCUT2D eigenvalue weighted by molar-refractivity contribution is 0.0963. The molecule has 0 heterocycles. The number of nitrogens with one attached hydrogen (secondary N) is 1. The Morgan fingerprint density at radius 3 is 2.42 bits per heavy atom. The average Bonchev–Trinajstić information content (AvgIpc) is 2.46. The first kappa shape index (κ1) is 13.7. The van der Waals surface area contributed by atoms with Crippen LogP contribution < -0.4 is 5.32 Å². The molecule has 3 heteroatoms. The van der Waals surface area contributed by atoms with Crippen molar-refractivity contribution in [1.29, 1.82) is 0 Å². The third kappa shape index (κ3) is 3.61. The first-order chi connectivity index (χ1) is 9.20. The Morgan fingerprint density at radius 1 is 1.11 bits per heavy atom. The maximum atomic E-state index is 11.4. The number of carbonyl (C=O) groups is 1. The summed E-state index contributed by atoms with van der Waals surface area (Å²) in [6, 6.07) is 16.1. The molecule has 0 bridgehead atoms. The Labute approximate surface area is 118 Å². The fraction of sp³-hybridized carbons (Fsp3) is 0.188. The number of thioether (sulfide) groups is 1. The Bertz CT molecular complexity index is 563. The minimum Gasteiger partial charge on any atom is -0.355 e. The zero-order chi connectivity index (χ0) is 13.7. The lowest BCUT2D eigenvalue weighted by Gasteiger charge is -2.06. The van der Waals surface area contributed by atoms with E-state index in [0.29, 0.717) is 5.56 Å². The summed E-state index contributed by atoms with van der Waals surface area (Å²) < 4.78 is 0. The van der Waals surface area contributed by atoms with Crippen molar-refractivity contribution in [3.05, 3.63) is 65.2 Å². The van der Waals surface area contributed by atoms with Crippen molar-refractivity contribution in [3.63, 3.8) is 0 Å². The zero-order valence-corrected chi connectivity index (χ0v) is 12.0. The van der Waals surface area contributed by atoms with E-state index in [1.54, 1.807) is 18.8 Å². The predicted octanol–water partition coefficient (Wildman–Crippen LogP) is 3.65. The fourth-order valence-corrected chi connectivity index (χ4v) is 2.75. The molecular weight excluding hydrogens is 254 g/mol. The van der Waals surface area contributed by atoms with E-state index in [-0.39, 0.29) is 5.91 Å². The first-order valence-corrected chi connectivity index (χ1v) is 7.18. The minimum absolute atomic E-state index is 0.0459. The van der Waals surface area contributed by atoms with Gasteiger partial charge in [-0.25, -0.2) is 0 Å². The van der Waals surface area contributed by atoms with Crippen LogP contribution in [0.15, 0.2) is 53.4 Å². The summed E-state index contributed by atoms with van der Waals surface area (Å²) in [5.74, 6) is 0.905. The molecule has 1 N–H and O–H groups in total. The fourth-order valence-electron chi connectivity index (χ4n) is 1.78. The quantitative estimate of drug-likeness (QED) is 0.860. The summed E-state index contributed by atoms with van der Waals surface area (Å²) in [7, 11) is 1.64. The summed E-state index contributed by atoms with van der Waals surface area (Å²) in [5, 5.41) is 2.62. The number of hydrogen-bond acceptors (Lipinski definition) is 2. The molecule has 0 aliphatic carbocycles. The van der Waals surface area contributed by atoms with Crippen LogP contribution in [-0.2, 0) is 5.75 Å². The molecule has 98 valence electrons. The summed E-state index contributed by atoms with van der Waals surface area (Å²) in [5.41, 5.74) is 3.36. The van der Waals surface area contributed by atoms with Crippen molar-refractivity contribution in [2.45, 2.75) is 17.6 Å². The van der Waals surface area contributed by atoms with E-state index in [9.17, 15) is 4.79 Å². The van der Waals surface area contributed by atoms with Crippen LogP contribution in [0.4, 0.5) is 0 Å². The van der Waals surface area contributed by atoms with E-state index in [0.717, 1.165) is 5.75 Å². The monoisotopic (exact) mass is 271 g/mol. The van der Waals surface area contributed by atoms with Gasteiger partial charge < -0.3 is 5.32 Å². The highest BCUT2D eigenvalue weighted by molar-refractivity contribution is 7.98. The average molecular weight is 271 g/mol. The van der Waals surface area contributed by atoms with E-state index in [2.05, 4.69) is 36.5 Å².